The predicted octanol–water partition coefficient (Wildman–Crippen LogP) is 2.30. The van der Waals surface area contributed by atoms with Crippen LogP contribution in [0.15, 0.2) is 54.6 Å². The third kappa shape index (κ3) is 3.67. The number of hydrogen-bond acceptors (Lipinski definition) is 4. The number of nitrogens with one attached hydrogen (secondary N) is 2. The first-order chi connectivity index (χ1) is 12.1. The minimum atomic E-state index is -0.560. The summed E-state index contributed by atoms with van der Waals surface area (Å²) in [6.45, 7) is 1.70. The van der Waals surface area contributed by atoms with Gasteiger partial charge in [0.05, 0.1) is 11.4 Å². The van der Waals surface area contributed by atoms with Gasteiger partial charge in [-0.25, -0.2) is 4.68 Å². The van der Waals surface area contributed by atoms with Crippen LogP contribution in [-0.2, 0) is 0 Å². The molecule has 2 amide bonds. The molecule has 1 aromatic heterocycles. The summed E-state index contributed by atoms with van der Waals surface area (Å²) >= 11 is 5.97. The lowest BCUT2D eigenvalue weighted by Crippen LogP contribution is -2.42. The standard InChI is InChI=1S/C17H14ClN5O2/c1-11-15(19-22-23(11)14-9-5-8-13(18)10-14)17(25)21-20-16(24)12-6-3-2-4-7-12/h2-10H,1H3,(H,20,24)(H,21,25). The second kappa shape index (κ2) is 7.14. The summed E-state index contributed by atoms with van der Waals surface area (Å²) < 4.78 is 1.50. The molecule has 8 heteroatoms. The maximum Gasteiger partial charge on any atom is 0.292 e. The number of aromatic nitrogens is 3. The van der Waals surface area contributed by atoms with Gasteiger partial charge in [0, 0.05) is 10.6 Å². The zero-order chi connectivity index (χ0) is 17.8. The highest BCUT2D eigenvalue weighted by molar-refractivity contribution is 6.30. The fourth-order valence-corrected chi connectivity index (χ4v) is 2.41. The summed E-state index contributed by atoms with van der Waals surface area (Å²) in [5.41, 5.74) is 6.42. The summed E-state index contributed by atoms with van der Waals surface area (Å²) in [5.74, 6) is -0.983. The van der Waals surface area contributed by atoms with Crippen molar-refractivity contribution in [2.75, 3.05) is 0 Å². The molecule has 0 unspecified atom stereocenters. The predicted molar refractivity (Wildman–Crippen MR) is 92.5 cm³/mol. The largest absolute Gasteiger partial charge is 0.292 e. The van der Waals surface area contributed by atoms with Gasteiger partial charge in [-0.3, -0.25) is 20.4 Å². The Bertz CT molecular complexity index is 924. The number of hydrazine groups is 1. The third-order valence-electron chi connectivity index (χ3n) is 3.49. The van der Waals surface area contributed by atoms with Crippen molar-refractivity contribution in [1.29, 1.82) is 0 Å². The Labute approximate surface area is 148 Å². The van der Waals surface area contributed by atoms with Crippen LogP contribution in [0.1, 0.15) is 26.5 Å². The normalized spacial score (nSPS) is 10.3. The lowest BCUT2D eigenvalue weighted by Gasteiger charge is -2.07. The molecule has 0 fully saturated rings. The lowest BCUT2D eigenvalue weighted by atomic mass is 10.2. The first-order valence-corrected chi connectivity index (χ1v) is 7.78. The maximum absolute atomic E-state index is 12.2. The van der Waals surface area contributed by atoms with Gasteiger partial charge in [0.1, 0.15) is 0 Å². The van der Waals surface area contributed by atoms with Crippen LogP contribution in [-0.4, -0.2) is 26.8 Å². The van der Waals surface area contributed by atoms with E-state index < -0.39 is 11.8 Å². The zero-order valence-corrected chi connectivity index (χ0v) is 14.0. The van der Waals surface area contributed by atoms with Gasteiger partial charge in [-0.15, -0.1) is 5.10 Å². The zero-order valence-electron chi connectivity index (χ0n) is 13.2. The molecule has 0 spiro atoms. The third-order valence-corrected chi connectivity index (χ3v) is 3.72. The molecule has 0 aliphatic heterocycles. The number of halogens is 1. The fourth-order valence-electron chi connectivity index (χ4n) is 2.23. The summed E-state index contributed by atoms with van der Waals surface area (Å²) in [7, 11) is 0. The van der Waals surface area contributed by atoms with Gasteiger partial charge in [-0.05, 0) is 37.3 Å². The highest BCUT2D eigenvalue weighted by Gasteiger charge is 2.18. The molecule has 7 nitrogen and oxygen atoms in total. The minimum Gasteiger partial charge on any atom is -0.267 e. The highest BCUT2D eigenvalue weighted by Crippen LogP contribution is 2.16. The van der Waals surface area contributed by atoms with Crippen molar-refractivity contribution < 1.29 is 9.59 Å². The number of carbonyl (C=O) groups excluding carboxylic acids is 2. The summed E-state index contributed by atoms with van der Waals surface area (Å²) in [4.78, 5) is 24.2. The molecule has 25 heavy (non-hydrogen) atoms. The van der Waals surface area contributed by atoms with Crippen molar-refractivity contribution in [2.24, 2.45) is 0 Å². The molecule has 2 N–H and O–H groups in total. The quantitative estimate of drug-likeness (QED) is 0.705. The molecule has 2 aromatic carbocycles. The number of carbonyl (C=O) groups is 2. The summed E-state index contributed by atoms with van der Waals surface area (Å²) in [5, 5.41) is 8.40. The number of hydrogen-bond donors (Lipinski definition) is 2. The Morgan fingerprint density at radius 1 is 1.00 bits per heavy atom. The van der Waals surface area contributed by atoms with E-state index in [4.69, 9.17) is 11.6 Å². The fraction of sp³-hybridized carbons (Fsp3) is 0.0588. The van der Waals surface area contributed by atoms with E-state index in [2.05, 4.69) is 21.2 Å². The molecule has 0 aliphatic rings. The lowest BCUT2D eigenvalue weighted by molar-refractivity contribution is 0.0843. The van der Waals surface area contributed by atoms with E-state index in [0.29, 0.717) is 22.0 Å². The van der Waals surface area contributed by atoms with E-state index in [1.807, 2.05) is 0 Å². The number of nitrogens with zero attached hydrogens (tertiary/aromatic N) is 3. The first-order valence-electron chi connectivity index (χ1n) is 7.40. The molecular weight excluding hydrogens is 342 g/mol. The Balaban J connectivity index is 1.72. The molecule has 1 heterocycles. The van der Waals surface area contributed by atoms with Gasteiger partial charge in [0.25, 0.3) is 11.8 Å². The van der Waals surface area contributed by atoms with Crippen molar-refractivity contribution >= 4 is 23.4 Å². The van der Waals surface area contributed by atoms with Crippen LogP contribution >= 0.6 is 11.6 Å². The van der Waals surface area contributed by atoms with Crippen LogP contribution in [0, 0.1) is 6.92 Å². The van der Waals surface area contributed by atoms with Crippen molar-refractivity contribution in [3.05, 3.63) is 76.6 Å². The smallest absolute Gasteiger partial charge is 0.267 e. The van der Waals surface area contributed by atoms with Crippen LogP contribution in [0.3, 0.4) is 0 Å². The van der Waals surface area contributed by atoms with E-state index in [1.54, 1.807) is 61.5 Å². The summed E-state index contributed by atoms with van der Waals surface area (Å²) in [6, 6.07) is 15.6. The van der Waals surface area contributed by atoms with Crippen molar-refractivity contribution in [3.63, 3.8) is 0 Å². The Hall–Kier alpha value is -3.19. The van der Waals surface area contributed by atoms with Crippen LogP contribution < -0.4 is 10.9 Å². The molecule has 126 valence electrons. The summed E-state index contributed by atoms with van der Waals surface area (Å²) in [6.07, 6.45) is 0. The second-order valence-electron chi connectivity index (χ2n) is 5.19. The van der Waals surface area contributed by atoms with Crippen molar-refractivity contribution in [2.45, 2.75) is 6.92 Å². The minimum absolute atomic E-state index is 0.105. The highest BCUT2D eigenvalue weighted by atomic mass is 35.5. The van der Waals surface area contributed by atoms with Gasteiger partial charge >= 0.3 is 0 Å². The van der Waals surface area contributed by atoms with E-state index >= 15 is 0 Å². The van der Waals surface area contributed by atoms with E-state index in [0.717, 1.165) is 0 Å². The van der Waals surface area contributed by atoms with Gasteiger partial charge in [-0.2, -0.15) is 0 Å². The molecule has 0 saturated heterocycles. The molecule has 0 aliphatic carbocycles. The Morgan fingerprint density at radius 2 is 1.72 bits per heavy atom. The number of amides is 2. The molecule has 3 rings (SSSR count). The second-order valence-corrected chi connectivity index (χ2v) is 5.63. The average molecular weight is 356 g/mol. The SMILES string of the molecule is Cc1c(C(=O)NNC(=O)c2ccccc2)nnn1-c1cccc(Cl)c1. The average Bonchev–Trinajstić information content (AvgIpc) is 3.01. The van der Waals surface area contributed by atoms with Crippen LogP contribution in [0.5, 0.6) is 0 Å². The Kier molecular flexibility index (Phi) is 4.76. The van der Waals surface area contributed by atoms with Gasteiger partial charge in [-0.1, -0.05) is 41.1 Å². The molecule has 0 saturated carbocycles. The molecule has 0 atom stereocenters. The molecular formula is C17H14ClN5O2. The number of benzene rings is 2. The van der Waals surface area contributed by atoms with Crippen LogP contribution in [0.25, 0.3) is 5.69 Å². The first kappa shape index (κ1) is 16.7. The number of rotatable bonds is 3. The van der Waals surface area contributed by atoms with E-state index in [-0.39, 0.29) is 5.69 Å². The van der Waals surface area contributed by atoms with Crippen LogP contribution in [0.4, 0.5) is 0 Å². The monoisotopic (exact) mass is 355 g/mol. The van der Waals surface area contributed by atoms with Crippen LogP contribution in [0.2, 0.25) is 5.02 Å². The van der Waals surface area contributed by atoms with Gasteiger partial charge in [0.15, 0.2) is 5.69 Å². The van der Waals surface area contributed by atoms with Crippen molar-refractivity contribution in [3.8, 4) is 5.69 Å². The van der Waals surface area contributed by atoms with Gasteiger partial charge < -0.3 is 0 Å². The molecule has 0 radical (unpaired) electrons. The van der Waals surface area contributed by atoms with E-state index in [9.17, 15) is 9.59 Å². The Morgan fingerprint density at radius 3 is 2.44 bits per heavy atom. The topological polar surface area (TPSA) is 88.9 Å². The van der Waals surface area contributed by atoms with Gasteiger partial charge in [0.2, 0.25) is 0 Å². The van der Waals surface area contributed by atoms with Crippen molar-refractivity contribution in [1.82, 2.24) is 25.8 Å². The van der Waals surface area contributed by atoms with E-state index in [1.165, 1.54) is 4.68 Å². The molecule has 0 bridgehead atoms. The maximum atomic E-state index is 12.2. The molecule has 3 aromatic rings.